The van der Waals surface area contributed by atoms with Gasteiger partial charge < -0.3 is 4.90 Å². The molecule has 1 fully saturated rings. The van der Waals surface area contributed by atoms with Gasteiger partial charge in [0.2, 0.25) is 0 Å². The van der Waals surface area contributed by atoms with Gasteiger partial charge >= 0.3 is 12.1 Å². The minimum Gasteiger partial charge on any atom is -0.334 e. The predicted molar refractivity (Wildman–Crippen MR) is 82.3 cm³/mol. The molecule has 1 aliphatic carbocycles. The second-order valence-electron chi connectivity index (χ2n) is 6.12. The molecular weight excluding hydrogens is 305 g/mol. The third-order valence-electron chi connectivity index (χ3n) is 4.58. The zero-order valence-corrected chi connectivity index (χ0v) is 12.7. The first-order chi connectivity index (χ1) is 10.8. The first-order valence-corrected chi connectivity index (χ1v) is 7.47. The van der Waals surface area contributed by atoms with Crippen molar-refractivity contribution >= 4 is 17.8 Å². The molecule has 1 saturated heterocycles. The van der Waals surface area contributed by atoms with Gasteiger partial charge in [-0.05, 0) is 36.1 Å². The monoisotopic (exact) mass is 322 g/mol. The van der Waals surface area contributed by atoms with Crippen LogP contribution in [0.4, 0.5) is 18.9 Å². The summed E-state index contributed by atoms with van der Waals surface area (Å²) in [5, 5.41) is 0. The van der Waals surface area contributed by atoms with Crippen LogP contribution < -0.4 is 0 Å². The van der Waals surface area contributed by atoms with E-state index >= 15 is 0 Å². The van der Waals surface area contributed by atoms with Gasteiger partial charge in [-0.1, -0.05) is 18.7 Å². The Morgan fingerprint density at radius 1 is 1.30 bits per heavy atom. The van der Waals surface area contributed by atoms with Crippen LogP contribution >= 0.6 is 0 Å². The summed E-state index contributed by atoms with van der Waals surface area (Å²) < 4.78 is 38.1. The van der Waals surface area contributed by atoms with Crippen molar-refractivity contribution in [1.29, 1.82) is 0 Å². The van der Waals surface area contributed by atoms with Crippen molar-refractivity contribution in [1.82, 2.24) is 4.90 Å². The highest BCUT2D eigenvalue weighted by Gasteiger charge is 2.47. The van der Waals surface area contributed by atoms with Crippen LogP contribution in [0.25, 0.3) is 0 Å². The van der Waals surface area contributed by atoms with Crippen molar-refractivity contribution in [3.8, 4) is 0 Å². The molecular formula is C17H17F3N2O. The van der Waals surface area contributed by atoms with E-state index in [4.69, 9.17) is 0 Å². The Balaban J connectivity index is 1.92. The van der Waals surface area contributed by atoms with Crippen LogP contribution in [-0.4, -0.2) is 36.3 Å². The number of carbonyl (C=O) groups is 1. The fraction of sp³-hybridized carbons (Fsp3) is 0.412. The predicted octanol–water partition coefficient (Wildman–Crippen LogP) is 3.86. The summed E-state index contributed by atoms with van der Waals surface area (Å²) >= 11 is 0. The van der Waals surface area contributed by atoms with Crippen molar-refractivity contribution in [3.05, 3.63) is 41.5 Å². The molecule has 122 valence electrons. The van der Waals surface area contributed by atoms with E-state index in [0.717, 1.165) is 33.7 Å². The molecule has 0 aromatic heterocycles. The van der Waals surface area contributed by atoms with E-state index in [1.165, 1.54) is 0 Å². The van der Waals surface area contributed by atoms with E-state index in [1.807, 2.05) is 19.1 Å². The largest absolute Gasteiger partial charge is 0.471 e. The average molecular weight is 322 g/mol. The average Bonchev–Trinajstić information content (AvgIpc) is 2.73. The SMILES string of the molecule is C=CC=Nc1cc2c(cc1C)C1CC2CN(C(=O)C(F)(F)F)C1. The van der Waals surface area contributed by atoms with Gasteiger partial charge in [-0.15, -0.1) is 0 Å². The normalized spacial score (nSPS) is 23.2. The molecule has 3 rings (SSSR count). The van der Waals surface area contributed by atoms with Crippen LogP contribution in [-0.2, 0) is 4.79 Å². The summed E-state index contributed by atoms with van der Waals surface area (Å²) in [6.07, 6.45) is -0.840. The van der Waals surface area contributed by atoms with Crippen molar-refractivity contribution in [2.75, 3.05) is 13.1 Å². The number of likely N-dealkylation sites (tertiary alicyclic amines) is 1. The maximum absolute atomic E-state index is 12.7. The first kappa shape index (κ1) is 15.8. The highest BCUT2D eigenvalue weighted by atomic mass is 19.4. The molecule has 2 atom stereocenters. The Hall–Kier alpha value is -2.11. The van der Waals surface area contributed by atoms with E-state index in [2.05, 4.69) is 11.6 Å². The Labute approximate surface area is 132 Å². The number of aliphatic imine (C=N–C) groups is 1. The number of fused-ring (bicyclic) bond motifs is 5. The van der Waals surface area contributed by atoms with Gasteiger partial charge in [0, 0.05) is 31.1 Å². The zero-order chi connectivity index (χ0) is 16.8. The van der Waals surface area contributed by atoms with Crippen molar-refractivity contribution < 1.29 is 18.0 Å². The smallest absolute Gasteiger partial charge is 0.334 e. The lowest BCUT2D eigenvalue weighted by Gasteiger charge is -2.32. The zero-order valence-electron chi connectivity index (χ0n) is 12.7. The Kier molecular flexibility index (Phi) is 3.78. The first-order valence-electron chi connectivity index (χ1n) is 7.47. The molecule has 0 N–H and O–H groups in total. The lowest BCUT2D eigenvalue weighted by molar-refractivity contribution is -0.186. The van der Waals surface area contributed by atoms with Crippen LogP contribution in [0.1, 0.15) is 34.9 Å². The van der Waals surface area contributed by atoms with Crippen LogP contribution in [0, 0.1) is 6.92 Å². The van der Waals surface area contributed by atoms with Crippen molar-refractivity contribution in [3.63, 3.8) is 0 Å². The fourth-order valence-corrected chi connectivity index (χ4v) is 3.61. The molecule has 1 amide bonds. The molecule has 3 nitrogen and oxygen atoms in total. The van der Waals surface area contributed by atoms with Gasteiger partial charge in [0.25, 0.3) is 0 Å². The van der Waals surface area contributed by atoms with E-state index in [0.29, 0.717) is 0 Å². The maximum Gasteiger partial charge on any atom is 0.471 e. The molecule has 0 spiro atoms. The number of piperidine rings is 1. The van der Waals surface area contributed by atoms with Gasteiger partial charge in [-0.25, -0.2) is 0 Å². The third-order valence-corrected chi connectivity index (χ3v) is 4.58. The maximum atomic E-state index is 12.7. The second kappa shape index (κ2) is 5.51. The topological polar surface area (TPSA) is 32.7 Å². The summed E-state index contributed by atoms with van der Waals surface area (Å²) in [6.45, 7) is 5.77. The van der Waals surface area contributed by atoms with Gasteiger partial charge in [0.15, 0.2) is 0 Å². The van der Waals surface area contributed by atoms with Gasteiger partial charge in [0.05, 0.1) is 5.69 Å². The summed E-state index contributed by atoms with van der Waals surface area (Å²) in [6, 6.07) is 3.94. The molecule has 0 saturated carbocycles. The number of halogens is 3. The number of hydrogen-bond acceptors (Lipinski definition) is 2. The number of rotatable bonds is 2. The molecule has 1 heterocycles. The Morgan fingerprint density at radius 3 is 2.48 bits per heavy atom. The number of allylic oxidation sites excluding steroid dienone is 1. The molecule has 1 aliphatic heterocycles. The number of alkyl halides is 3. The van der Waals surface area contributed by atoms with Crippen LogP contribution in [0.3, 0.4) is 0 Å². The fourth-order valence-electron chi connectivity index (χ4n) is 3.61. The standard InChI is InChI=1S/C17H17F3N2O/c1-3-4-21-15-7-14-12-6-11(13(14)5-10(15)2)8-22(9-12)16(23)17(18,19)20/h3-5,7,11-12H,1,6,8-9H2,2H3. The number of hydrogen-bond donors (Lipinski definition) is 0. The van der Waals surface area contributed by atoms with E-state index in [-0.39, 0.29) is 24.9 Å². The molecule has 1 aromatic carbocycles. The number of aryl methyl sites for hydroxylation is 1. The van der Waals surface area contributed by atoms with E-state index in [1.54, 1.807) is 12.3 Å². The molecule has 23 heavy (non-hydrogen) atoms. The van der Waals surface area contributed by atoms with Gasteiger partial charge in [-0.3, -0.25) is 9.79 Å². The minimum atomic E-state index is -4.81. The summed E-state index contributed by atoms with van der Waals surface area (Å²) in [7, 11) is 0. The quantitative estimate of drug-likeness (QED) is 0.761. The van der Waals surface area contributed by atoms with Crippen molar-refractivity contribution in [2.24, 2.45) is 4.99 Å². The molecule has 2 unspecified atom stereocenters. The minimum absolute atomic E-state index is 0.0221. The van der Waals surface area contributed by atoms with Gasteiger partial charge in [-0.2, -0.15) is 13.2 Å². The molecule has 6 heteroatoms. The van der Waals surface area contributed by atoms with E-state index in [9.17, 15) is 18.0 Å². The second-order valence-corrected chi connectivity index (χ2v) is 6.12. The molecule has 1 aromatic rings. The third kappa shape index (κ3) is 2.78. The molecule has 0 radical (unpaired) electrons. The lowest BCUT2D eigenvalue weighted by Crippen LogP contribution is -2.46. The molecule has 2 aliphatic rings. The van der Waals surface area contributed by atoms with Crippen LogP contribution in [0.2, 0.25) is 0 Å². The highest BCUT2D eigenvalue weighted by molar-refractivity contribution is 5.82. The number of carbonyl (C=O) groups excluding carboxylic acids is 1. The van der Waals surface area contributed by atoms with Crippen LogP contribution in [0.15, 0.2) is 29.8 Å². The molecule has 2 bridgehead atoms. The highest BCUT2D eigenvalue weighted by Crippen LogP contribution is 2.48. The van der Waals surface area contributed by atoms with Crippen molar-refractivity contribution in [2.45, 2.75) is 31.4 Å². The number of benzene rings is 1. The van der Waals surface area contributed by atoms with Gasteiger partial charge in [0.1, 0.15) is 0 Å². The Bertz CT molecular complexity index is 694. The van der Waals surface area contributed by atoms with Crippen LogP contribution in [0.5, 0.6) is 0 Å². The summed E-state index contributed by atoms with van der Waals surface area (Å²) in [5.41, 5.74) is 3.85. The Morgan fingerprint density at radius 2 is 1.91 bits per heavy atom. The number of nitrogens with zero attached hydrogens (tertiary/aromatic N) is 2. The summed E-state index contributed by atoms with van der Waals surface area (Å²) in [5.74, 6) is -1.80. The lowest BCUT2D eigenvalue weighted by atomic mass is 9.95. The summed E-state index contributed by atoms with van der Waals surface area (Å²) in [4.78, 5) is 16.8. The van der Waals surface area contributed by atoms with E-state index < -0.39 is 12.1 Å². The number of amides is 1.